The van der Waals surface area contributed by atoms with Crippen LogP contribution in [0.15, 0.2) is 35.7 Å². The number of nitrogens with one attached hydrogen (secondary N) is 1. The van der Waals surface area contributed by atoms with Crippen LogP contribution in [0.5, 0.6) is 11.5 Å². The molecule has 0 saturated heterocycles. The van der Waals surface area contributed by atoms with Gasteiger partial charge in [-0.15, -0.1) is 11.3 Å². The van der Waals surface area contributed by atoms with Crippen LogP contribution in [0.1, 0.15) is 36.0 Å². The molecule has 0 aliphatic carbocycles. The number of carbonyl (C=O) groups is 2. The molecule has 0 aliphatic rings. The van der Waals surface area contributed by atoms with E-state index in [0.717, 1.165) is 6.42 Å². The standard InChI is InChI=1S/C21H27NO5S/c1-4-25-19-12-16(7-8-18(19)26-13-15(2)3)21(24)27-14-20(23)22-10-9-17-6-5-11-28-17/h5-8,11-12,15H,4,9-10,13-14H2,1-3H3,(H,22,23). The second kappa shape index (κ2) is 11.3. The Hall–Kier alpha value is -2.54. The van der Waals surface area contributed by atoms with Crippen LogP contribution in [0.2, 0.25) is 0 Å². The minimum atomic E-state index is -0.579. The number of thiophene rings is 1. The molecule has 0 radical (unpaired) electrons. The van der Waals surface area contributed by atoms with E-state index < -0.39 is 5.97 Å². The topological polar surface area (TPSA) is 73.9 Å². The van der Waals surface area contributed by atoms with Crippen LogP contribution in [0.3, 0.4) is 0 Å². The summed E-state index contributed by atoms with van der Waals surface area (Å²) in [5.41, 5.74) is 0.312. The molecule has 0 spiro atoms. The van der Waals surface area contributed by atoms with Crippen LogP contribution in [-0.2, 0) is 16.0 Å². The van der Waals surface area contributed by atoms with Gasteiger partial charge in [0.1, 0.15) is 0 Å². The molecule has 0 bridgehead atoms. The number of hydrogen-bond donors (Lipinski definition) is 1. The molecule has 0 unspecified atom stereocenters. The van der Waals surface area contributed by atoms with Gasteiger partial charge < -0.3 is 19.5 Å². The number of ether oxygens (including phenoxy) is 3. The molecule has 0 saturated carbocycles. The molecule has 2 aromatic rings. The molecular formula is C21H27NO5S. The van der Waals surface area contributed by atoms with Crippen molar-refractivity contribution in [2.24, 2.45) is 5.92 Å². The van der Waals surface area contributed by atoms with Gasteiger partial charge in [-0.3, -0.25) is 4.79 Å². The summed E-state index contributed by atoms with van der Waals surface area (Å²) in [5, 5.41) is 4.74. The number of hydrogen-bond acceptors (Lipinski definition) is 6. The smallest absolute Gasteiger partial charge is 0.338 e. The summed E-state index contributed by atoms with van der Waals surface area (Å²) in [6, 6.07) is 8.86. The van der Waals surface area contributed by atoms with Crippen LogP contribution >= 0.6 is 11.3 Å². The molecule has 28 heavy (non-hydrogen) atoms. The largest absolute Gasteiger partial charge is 0.490 e. The third-order valence-corrected chi connectivity index (χ3v) is 4.60. The average Bonchev–Trinajstić information content (AvgIpc) is 3.18. The van der Waals surface area contributed by atoms with E-state index in [1.807, 2.05) is 24.4 Å². The lowest BCUT2D eigenvalue weighted by molar-refractivity contribution is -0.124. The van der Waals surface area contributed by atoms with Gasteiger partial charge in [-0.1, -0.05) is 19.9 Å². The molecule has 1 amide bonds. The van der Waals surface area contributed by atoms with Gasteiger partial charge in [0.2, 0.25) is 0 Å². The van der Waals surface area contributed by atoms with E-state index >= 15 is 0 Å². The average molecular weight is 406 g/mol. The molecule has 0 aliphatic heterocycles. The molecule has 2 rings (SSSR count). The first kappa shape index (κ1) is 21.8. The molecule has 0 atom stereocenters. The maximum absolute atomic E-state index is 12.2. The first-order valence-electron chi connectivity index (χ1n) is 9.35. The highest BCUT2D eigenvalue weighted by molar-refractivity contribution is 7.09. The molecule has 7 heteroatoms. The van der Waals surface area contributed by atoms with E-state index in [1.165, 1.54) is 4.88 Å². The Morgan fingerprint density at radius 3 is 2.64 bits per heavy atom. The van der Waals surface area contributed by atoms with E-state index in [9.17, 15) is 9.59 Å². The van der Waals surface area contributed by atoms with Crippen molar-refractivity contribution in [3.63, 3.8) is 0 Å². The number of benzene rings is 1. The van der Waals surface area contributed by atoms with Crippen molar-refractivity contribution in [1.29, 1.82) is 0 Å². The SMILES string of the molecule is CCOc1cc(C(=O)OCC(=O)NCCc2cccs2)ccc1OCC(C)C. The van der Waals surface area contributed by atoms with Gasteiger partial charge in [0.05, 0.1) is 18.8 Å². The molecule has 0 fully saturated rings. The van der Waals surface area contributed by atoms with Gasteiger partial charge in [-0.2, -0.15) is 0 Å². The van der Waals surface area contributed by atoms with Crippen molar-refractivity contribution in [2.75, 3.05) is 26.4 Å². The Kier molecular flexibility index (Phi) is 8.81. The summed E-state index contributed by atoms with van der Waals surface area (Å²) in [5.74, 6) is 0.533. The zero-order chi connectivity index (χ0) is 20.4. The van der Waals surface area contributed by atoms with Crippen LogP contribution < -0.4 is 14.8 Å². The van der Waals surface area contributed by atoms with Crippen molar-refractivity contribution in [3.05, 3.63) is 46.2 Å². The van der Waals surface area contributed by atoms with Gasteiger partial charge in [0.15, 0.2) is 18.1 Å². The number of carbonyl (C=O) groups excluding carboxylic acids is 2. The highest BCUT2D eigenvalue weighted by Gasteiger charge is 2.14. The molecule has 1 aromatic heterocycles. The zero-order valence-corrected chi connectivity index (χ0v) is 17.3. The molecule has 1 aromatic carbocycles. The predicted octanol–water partition coefficient (Wildman–Crippen LogP) is 3.70. The predicted molar refractivity (Wildman–Crippen MR) is 109 cm³/mol. The fourth-order valence-corrected chi connectivity index (χ4v) is 3.03. The molecular weight excluding hydrogens is 378 g/mol. The third kappa shape index (κ3) is 7.23. The van der Waals surface area contributed by atoms with E-state index in [2.05, 4.69) is 19.2 Å². The fourth-order valence-electron chi connectivity index (χ4n) is 2.32. The monoisotopic (exact) mass is 405 g/mol. The highest BCUT2D eigenvalue weighted by Crippen LogP contribution is 2.29. The minimum absolute atomic E-state index is 0.312. The Labute approximate surface area is 169 Å². The Bertz CT molecular complexity index is 758. The van der Waals surface area contributed by atoms with Crippen molar-refractivity contribution < 1.29 is 23.8 Å². The van der Waals surface area contributed by atoms with Gasteiger partial charge >= 0.3 is 5.97 Å². The summed E-state index contributed by atoms with van der Waals surface area (Å²) in [4.78, 5) is 25.3. The second-order valence-electron chi connectivity index (χ2n) is 6.55. The Morgan fingerprint density at radius 2 is 1.96 bits per heavy atom. The Morgan fingerprint density at radius 1 is 1.14 bits per heavy atom. The summed E-state index contributed by atoms with van der Waals surface area (Å²) in [7, 11) is 0. The van der Waals surface area contributed by atoms with E-state index in [4.69, 9.17) is 14.2 Å². The van der Waals surface area contributed by atoms with Crippen molar-refractivity contribution in [3.8, 4) is 11.5 Å². The van der Waals surface area contributed by atoms with Crippen LogP contribution in [0.25, 0.3) is 0 Å². The number of amides is 1. The first-order valence-corrected chi connectivity index (χ1v) is 10.2. The van der Waals surface area contributed by atoms with Crippen LogP contribution in [-0.4, -0.2) is 38.2 Å². The Balaban J connectivity index is 1.84. The van der Waals surface area contributed by atoms with Crippen molar-refractivity contribution >= 4 is 23.2 Å². The van der Waals surface area contributed by atoms with Gasteiger partial charge in [-0.05, 0) is 48.9 Å². The summed E-state index contributed by atoms with van der Waals surface area (Å²) in [6.07, 6.45) is 0.757. The van der Waals surface area contributed by atoms with Crippen molar-refractivity contribution in [1.82, 2.24) is 5.32 Å². The second-order valence-corrected chi connectivity index (χ2v) is 7.59. The number of esters is 1. The lowest BCUT2D eigenvalue weighted by Gasteiger charge is -2.14. The lowest BCUT2D eigenvalue weighted by Crippen LogP contribution is -2.30. The van der Waals surface area contributed by atoms with Crippen molar-refractivity contribution in [2.45, 2.75) is 27.2 Å². The van der Waals surface area contributed by atoms with Gasteiger partial charge in [-0.25, -0.2) is 4.79 Å². The summed E-state index contributed by atoms with van der Waals surface area (Å²) >= 11 is 1.64. The third-order valence-electron chi connectivity index (χ3n) is 3.66. The first-order chi connectivity index (χ1) is 13.5. The number of rotatable bonds is 11. The molecule has 1 heterocycles. The van der Waals surface area contributed by atoms with E-state index in [0.29, 0.717) is 42.7 Å². The van der Waals surface area contributed by atoms with E-state index in [-0.39, 0.29) is 12.5 Å². The molecule has 152 valence electrons. The fraction of sp³-hybridized carbons (Fsp3) is 0.429. The molecule has 1 N–H and O–H groups in total. The molecule has 6 nitrogen and oxygen atoms in total. The quantitative estimate of drug-likeness (QED) is 0.577. The zero-order valence-electron chi connectivity index (χ0n) is 16.5. The maximum Gasteiger partial charge on any atom is 0.338 e. The summed E-state index contributed by atoms with van der Waals surface area (Å²) in [6.45, 7) is 7.15. The lowest BCUT2D eigenvalue weighted by atomic mass is 10.2. The highest BCUT2D eigenvalue weighted by atomic mass is 32.1. The minimum Gasteiger partial charge on any atom is -0.490 e. The maximum atomic E-state index is 12.2. The van der Waals surface area contributed by atoms with E-state index in [1.54, 1.807) is 29.5 Å². The van der Waals surface area contributed by atoms with Gasteiger partial charge in [0.25, 0.3) is 5.91 Å². The summed E-state index contributed by atoms with van der Waals surface area (Å²) < 4.78 is 16.4. The van der Waals surface area contributed by atoms with Crippen LogP contribution in [0, 0.1) is 5.92 Å². The van der Waals surface area contributed by atoms with Crippen LogP contribution in [0.4, 0.5) is 0 Å². The normalized spacial score (nSPS) is 10.6. The van der Waals surface area contributed by atoms with Gasteiger partial charge in [0, 0.05) is 11.4 Å².